The van der Waals surface area contributed by atoms with E-state index in [0.29, 0.717) is 5.69 Å². The first-order chi connectivity index (χ1) is 7.42. The smallest absolute Gasteiger partial charge is 0.323 e. The van der Waals surface area contributed by atoms with Gasteiger partial charge in [0.2, 0.25) is 0 Å². The molecule has 1 aromatic rings. The summed E-state index contributed by atoms with van der Waals surface area (Å²) in [7, 11) is 0. The molecule has 8 heteroatoms. The fourth-order valence-electron chi connectivity index (χ4n) is 1.06. The highest BCUT2D eigenvalue weighted by Gasteiger charge is 2.27. The van der Waals surface area contributed by atoms with Crippen LogP contribution in [0.5, 0.6) is 0 Å². The fraction of sp³-hybridized carbons (Fsp3) is 0.750. The number of hydrogen-bond acceptors (Lipinski definition) is 4. The van der Waals surface area contributed by atoms with Gasteiger partial charge in [0.05, 0.1) is 24.5 Å². The molecule has 0 aliphatic heterocycles. The van der Waals surface area contributed by atoms with Gasteiger partial charge >= 0.3 is 5.51 Å². The first-order valence-corrected chi connectivity index (χ1v) is 5.77. The van der Waals surface area contributed by atoms with Gasteiger partial charge in [0.25, 0.3) is 0 Å². The van der Waals surface area contributed by atoms with Crippen molar-refractivity contribution in [3.63, 3.8) is 0 Å². The molecule has 4 nitrogen and oxygen atoms in total. The summed E-state index contributed by atoms with van der Waals surface area (Å²) in [5.74, 6) is -0.0757. The molecule has 0 amide bonds. The van der Waals surface area contributed by atoms with Crippen LogP contribution in [0, 0.1) is 0 Å². The van der Waals surface area contributed by atoms with Crippen LogP contribution in [0.4, 0.5) is 13.2 Å². The molecule has 1 heterocycles. The maximum atomic E-state index is 11.8. The molecule has 16 heavy (non-hydrogen) atoms. The van der Waals surface area contributed by atoms with Gasteiger partial charge in [0.1, 0.15) is 0 Å². The molecule has 1 atom stereocenters. The van der Waals surface area contributed by atoms with Crippen LogP contribution in [-0.2, 0) is 6.54 Å². The molecule has 2 N–H and O–H groups in total. The van der Waals surface area contributed by atoms with Gasteiger partial charge in [0.15, 0.2) is 0 Å². The van der Waals surface area contributed by atoms with E-state index in [1.165, 1.54) is 4.68 Å². The fourth-order valence-corrected chi connectivity index (χ4v) is 1.57. The van der Waals surface area contributed by atoms with Crippen molar-refractivity contribution < 1.29 is 13.2 Å². The molecule has 0 spiro atoms. The van der Waals surface area contributed by atoms with E-state index in [-0.39, 0.29) is 30.1 Å². The zero-order valence-corrected chi connectivity index (χ0v) is 9.55. The van der Waals surface area contributed by atoms with Crippen molar-refractivity contribution in [2.75, 3.05) is 5.75 Å². The Morgan fingerprint density at radius 1 is 1.56 bits per heavy atom. The first kappa shape index (κ1) is 13.3. The Bertz CT molecular complexity index is 325. The Kier molecular flexibility index (Phi) is 4.60. The van der Waals surface area contributed by atoms with E-state index in [1.807, 2.05) is 6.92 Å². The summed E-state index contributed by atoms with van der Waals surface area (Å²) in [4.78, 5) is 0. The minimum Gasteiger partial charge on any atom is -0.323 e. The summed E-state index contributed by atoms with van der Waals surface area (Å²) >= 11 is -0.0680. The van der Waals surface area contributed by atoms with Crippen molar-refractivity contribution in [1.82, 2.24) is 15.0 Å². The Labute approximate surface area is 95.4 Å². The van der Waals surface area contributed by atoms with Gasteiger partial charge in [0, 0.05) is 5.75 Å². The third kappa shape index (κ3) is 4.40. The average Bonchev–Trinajstić information content (AvgIpc) is 2.63. The van der Waals surface area contributed by atoms with E-state index in [9.17, 15) is 13.2 Å². The third-order valence-corrected chi connectivity index (χ3v) is 2.68. The van der Waals surface area contributed by atoms with E-state index in [1.54, 1.807) is 6.20 Å². The van der Waals surface area contributed by atoms with Crippen LogP contribution in [0.15, 0.2) is 6.20 Å². The summed E-state index contributed by atoms with van der Waals surface area (Å²) in [6, 6.07) is -0.205. The lowest BCUT2D eigenvalue weighted by molar-refractivity contribution is -0.0328. The molecule has 0 saturated heterocycles. The molecule has 0 fully saturated rings. The third-order valence-electron chi connectivity index (χ3n) is 1.96. The summed E-state index contributed by atoms with van der Waals surface area (Å²) in [5.41, 5.74) is 2.12. The van der Waals surface area contributed by atoms with Crippen molar-refractivity contribution >= 4 is 11.8 Å². The quantitative estimate of drug-likeness (QED) is 0.872. The second-order valence-corrected chi connectivity index (χ2v) is 4.38. The van der Waals surface area contributed by atoms with E-state index in [0.717, 1.165) is 6.42 Å². The lowest BCUT2D eigenvalue weighted by atomic mass is 10.2. The topological polar surface area (TPSA) is 56.7 Å². The number of nitrogens with two attached hydrogens (primary N) is 1. The number of alkyl halides is 3. The summed E-state index contributed by atoms with van der Waals surface area (Å²) in [5, 5.41) is 7.51. The van der Waals surface area contributed by atoms with Crippen LogP contribution in [-0.4, -0.2) is 26.3 Å². The van der Waals surface area contributed by atoms with E-state index in [4.69, 9.17) is 5.73 Å². The van der Waals surface area contributed by atoms with Crippen molar-refractivity contribution in [2.24, 2.45) is 5.73 Å². The highest BCUT2D eigenvalue weighted by atomic mass is 32.2. The van der Waals surface area contributed by atoms with Gasteiger partial charge in [-0.15, -0.1) is 5.10 Å². The Hall–Kier alpha value is -0.760. The maximum Gasteiger partial charge on any atom is 0.441 e. The number of aromatic nitrogens is 3. The number of thioether (sulfide) groups is 1. The van der Waals surface area contributed by atoms with E-state index >= 15 is 0 Å². The van der Waals surface area contributed by atoms with Crippen molar-refractivity contribution in [3.8, 4) is 0 Å². The molecule has 0 aliphatic rings. The van der Waals surface area contributed by atoms with Crippen LogP contribution in [0.2, 0.25) is 0 Å². The molecule has 0 aromatic carbocycles. The van der Waals surface area contributed by atoms with Gasteiger partial charge in [-0.25, -0.2) is 0 Å². The lowest BCUT2D eigenvalue weighted by Crippen LogP contribution is -2.09. The molecule has 0 bridgehead atoms. The molecule has 0 aliphatic carbocycles. The molecule has 1 unspecified atom stereocenters. The minimum atomic E-state index is -4.19. The number of hydrogen-bond donors (Lipinski definition) is 1. The van der Waals surface area contributed by atoms with Crippen LogP contribution in [0.3, 0.4) is 0 Å². The minimum absolute atomic E-state index is 0.0680. The molecular formula is C8H13F3N4S. The Morgan fingerprint density at radius 3 is 2.81 bits per heavy atom. The summed E-state index contributed by atoms with van der Waals surface area (Å²) < 4.78 is 36.9. The second kappa shape index (κ2) is 5.53. The predicted octanol–water partition coefficient (Wildman–Crippen LogP) is 1.94. The standard InChI is InChI=1S/C8H13F3N4S/c1-2-6(12)7-5-15(14-13-7)3-4-16-8(9,10)11/h5-6H,2-4,12H2,1H3. The highest BCUT2D eigenvalue weighted by Crippen LogP contribution is 2.29. The van der Waals surface area contributed by atoms with Crippen LogP contribution < -0.4 is 5.73 Å². The normalized spacial score (nSPS) is 14.1. The zero-order valence-electron chi connectivity index (χ0n) is 8.74. The Balaban J connectivity index is 2.41. The molecule has 1 aromatic heterocycles. The van der Waals surface area contributed by atoms with Gasteiger partial charge in [-0.1, -0.05) is 12.1 Å². The monoisotopic (exact) mass is 254 g/mol. The average molecular weight is 254 g/mol. The zero-order chi connectivity index (χ0) is 12.2. The highest BCUT2D eigenvalue weighted by molar-refractivity contribution is 8.00. The molecule has 1 rings (SSSR count). The van der Waals surface area contributed by atoms with Gasteiger partial charge in [-0.2, -0.15) is 13.2 Å². The van der Waals surface area contributed by atoms with Crippen molar-refractivity contribution in [2.45, 2.75) is 31.4 Å². The maximum absolute atomic E-state index is 11.8. The van der Waals surface area contributed by atoms with Crippen molar-refractivity contribution in [1.29, 1.82) is 0 Å². The summed E-state index contributed by atoms with van der Waals surface area (Å²) in [6.45, 7) is 2.08. The molecule has 0 radical (unpaired) electrons. The van der Waals surface area contributed by atoms with Crippen molar-refractivity contribution in [3.05, 3.63) is 11.9 Å². The Morgan fingerprint density at radius 2 is 2.25 bits per heavy atom. The van der Waals surface area contributed by atoms with E-state index in [2.05, 4.69) is 10.3 Å². The molecule has 0 saturated carbocycles. The number of halogens is 3. The first-order valence-electron chi connectivity index (χ1n) is 4.78. The van der Waals surface area contributed by atoms with Gasteiger partial charge in [-0.3, -0.25) is 4.68 Å². The van der Waals surface area contributed by atoms with Gasteiger partial charge < -0.3 is 5.73 Å². The number of aryl methyl sites for hydroxylation is 1. The second-order valence-electron chi connectivity index (χ2n) is 3.22. The van der Waals surface area contributed by atoms with Gasteiger partial charge in [-0.05, 0) is 18.2 Å². The largest absolute Gasteiger partial charge is 0.441 e. The molecule has 92 valence electrons. The van der Waals surface area contributed by atoms with Crippen LogP contribution >= 0.6 is 11.8 Å². The van der Waals surface area contributed by atoms with Crippen LogP contribution in [0.25, 0.3) is 0 Å². The molecular weight excluding hydrogens is 241 g/mol. The van der Waals surface area contributed by atoms with Crippen LogP contribution in [0.1, 0.15) is 25.1 Å². The number of nitrogens with zero attached hydrogens (tertiary/aromatic N) is 3. The lowest BCUT2D eigenvalue weighted by Gasteiger charge is -2.04. The number of rotatable bonds is 5. The SMILES string of the molecule is CCC(N)c1cn(CCSC(F)(F)F)nn1. The summed E-state index contributed by atoms with van der Waals surface area (Å²) in [6.07, 6.45) is 2.31. The van der Waals surface area contributed by atoms with E-state index < -0.39 is 5.51 Å². The predicted molar refractivity (Wildman–Crippen MR) is 55.8 cm³/mol.